The Hall–Kier alpha value is -2.63. The molecule has 1 N–H and O–H groups in total. The van der Waals surface area contributed by atoms with Crippen LogP contribution in [0.3, 0.4) is 0 Å². The molecule has 0 aliphatic carbocycles. The first-order valence-corrected chi connectivity index (χ1v) is 9.41. The molecule has 0 saturated carbocycles. The predicted octanol–water partition coefficient (Wildman–Crippen LogP) is 4.83. The van der Waals surface area contributed by atoms with Gasteiger partial charge in [-0.2, -0.15) is 0 Å². The average Bonchev–Trinajstić information content (AvgIpc) is 3.15. The molecule has 0 saturated heterocycles. The molecule has 0 spiro atoms. The fraction of sp³-hybridized carbons (Fsp3) is 0.143. The van der Waals surface area contributed by atoms with Crippen LogP contribution in [0.4, 0.5) is 4.39 Å². The molecule has 0 aliphatic rings. The lowest BCUT2D eigenvalue weighted by molar-refractivity contribution is 0.628. The van der Waals surface area contributed by atoms with E-state index in [-0.39, 0.29) is 5.82 Å². The Morgan fingerprint density at radius 1 is 1.00 bits per heavy atom. The maximum atomic E-state index is 13.0. The SMILES string of the molecule is Fc1ccc(-c2nc(CNCCc3cccc4cccnc34)cs2)cc1. The molecule has 0 bridgehead atoms. The molecule has 5 heteroatoms. The second-order valence-corrected chi connectivity index (χ2v) is 6.93. The summed E-state index contributed by atoms with van der Waals surface area (Å²) in [5, 5.41) is 7.58. The largest absolute Gasteiger partial charge is 0.311 e. The van der Waals surface area contributed by atoms with Gasteiger partial charge in [-0.25, -0.2) is 9.37 Å². The number of pyridine rings is 1. The van der Waals surface area contributed by atoms with Crippen LogP contribution in [-0.4, -0.2) is 16.5 Å². The molecule has 26 heavy (non-hydrogen) atoms. The Morgan fingerprint density at radius 3 is 2.73 bits per heavy atom. The van der Waals surface area contributed by atoms with Crippen molar-refractivity contribution in [1.29, 1.82) is 0 Å². The Balaban J connectivity index is 1.34. The third kappa shape index (κ3) is 3.79. The van der Waals surface area contributed by atoms with Crippen molar-refractivity contribution in [3.63, 3.8) is 0 Å². The molecule has 0 atom stereocenters. The van der Waals surface area contributed by atoms with E-state index in [4.69, 9.17) is 0 Å². The Kier molecular flexibility index (Phi) is 5.00. The van der Waals surface area contributed by atoms with Gasteiger partial charge >= 0.3 is 0 Å². The van der Waals surface area contributed by atoms with E-state index in [0.717, 1.165) is 41.3 Å². The van der Waals surface area contributed by atoms with Gasteiger partial charge < -0.3 is 5.32 Å². The first kappa shape index (κ1) is 16.8. The number of hydrogen-bond acceptors (Lipinski definition) is 4. The van der Waals surface area contributed by atoms with Gasteiger partial charge in [-0.1, -0.05) is 24.3 Å². The van der Waals surface area contributed by atoms with Gasteiger partial charge in [0.25, 0.3) is 0 Å². The van der Waals surface area contributed by atoms with Crippen LogP contribution in [0.1, 0.15) is 11.3 Å². The van der Waals surface area contributed by atoms with Crippen molar-refractivity contribution >= 4 is 22.2 Å². The minimum Gasteiger partial charge on any atom is -0.311 e. The third-order valence-electron chi connectivity index (χ3n) is 4.24. The van der Waals surface area contributed by atoms with Gasteiger partial charge in [-0.15, -0.1) is 11.3 Å². The van der Waals surface area contributed by atoms with Crippen molar-refractivity contribution < 1.29 is 4.39 Å². The number of aromatic nitrogens is 2. The van der Waals surface area contributed by atoms with Gasteiger partial charge in [-0.05, 0) is 48.9 Å². The van der Waals surface area contributed by atoms with Crippen LogP contribution in [-0.2, 0) is 13.0 Å². The van der Waals surface area contributed by atoms with Crippen molar-refractivity contribution in [1.82, 2.24) is 15.3 Å². The molecule has 3 nitrogen and oxygen atoms in total. The summed E-state index contributed by atoms with van der Waals surface area (Å²) in [5.41, 5.74) is 4.28. The van der Waals surface area contributed by atoms with Crippen molar-refractivity contribution in [2.45, 2.75) is 13.0 Å². The van der Waals surface area contributed by atoms with Crippen molar-refractivity contribution in [2.75, 3.05) is 6.54 Å². The number of benzene rings is 2. The van der Waals surface area contributed by atoms with E-state index in [1.54, 1.807) is 23.5 Å². The molecule has 0 fully saturated rings. The monoisotopic (exact) mass is 363 g/mol. The summed E-state index contributed by atoms with van der Waals surface area (Å²) in [4.78, 5) is 9.12. The topological polar surface area (TPSA) is 37.8 Å². The highest BCUT2D eigenvalue weighted by molar-refractivity contribution is 7.13. The molecule has 2 heterocycles. The minimum atomic E-state index is -0.227. The van der Waals surface area contributed by atoms with E-state index < -0.39 is 0 Å². The second-order valence-electron chi connectivity index (χ2n) is 6.07. The highest BCUT2D eigenvalue weighted by Crippen LogP contribution is 2.23. The zero-order valence-electron chi connectivity index (χ0n) is 14.2. The highest BCUT2D eigenvalue weighted by atomic mass is 32.1. The standard InChI is InChI=1S/C21H18FN3S/c22-18-8-6-17(7-9-18)21-25-19(14-26-21)13-23-12-10-16-4-1-3-15-5-2-11-24-20(15)16/h1-9,11,14,23H,10,12-13H2. The lowest BCUT2D eigenvalue weighted by Crippen LogP contribution is -2.17. The summed E-state index contributed by atoms with van der Waals surface area (Å²) in [6.45, 7) is 1.58. The van der Waals surface area contributed by atoms with Crippen LogP contribution in [0.5, 0.6) is 0 Å². The predicted molar refractivity (Wildman–Crippen MR) is 105 cm³/mol. The summed E-state index contributed by atoms with van der Waals surface area (Å²) >= 11 is 1.58. The van der Waals surface area contributed by atoms with Crippen LogP contribution in [0.2, 0.25) is 0 Å². The molecule has 0 amide bonds. The smallest absolute Gasteiger partial charge is 0.123 e. The molecule has 2 aromatic heterocycles. The van der Waals surface area contributed by atoms with E-state index in [1.807, 2.05) is 17.6 Å². The van der Waals surface area contributed by atoms with Crippen LogP contribution in [0.15, 0.2) is 66.2 Å². The molecule has 0 unspecified atom stereocenters. The van der Waals surface area contributed by atoms with Gasteiger partial charge in [0, 0.05) is 29.1 Å². The molecule has 130 valence electrons. The number of thiazole rings is 1. The number of para-hydroxylation sites is 1. The van der Waals surface area contributed by atoms with E-state index in [9.17, 15) is 4.39 Å². The molecule has 0 radical (unpaired) electrons. The fourth-order valence-corrected chi connectivity index (χ4v) is 3.75. The number of halogens is 1. The van der Waals surface area contributed by atoms with Crippen LogP contribution < -0.4 is 5.32 Å². The Labute approximate surface area is 155 Å². The number of nitrogens with zero attached hydrogens (tertiary/aromatic N) is 2. The first-order valence-electron chi connectivity index (χ1n) is 8.53. The molecule has 0 aliphatic heterocycles. The number of fused-ring (bicyclic) bond motifs is 1. The summed E-state index contributed by atoms with van der Waals surface area (Å²) in [6, 6.07) is 16.8. The fourth-order valence-electron chi connectivity index (χ4n) is 2.92. The maximum Gasteiger partial charge on any atom is 0.123 e. The number of nitrogens with one attached hydrogen (secondary N) is 1. The minimum absolute atomic E-state index is 0.227. The third-order valence-corrected chi connectivity index (χ3v) is 5.18. The van der Waals surface area contributed by atoms with Crippen molar-refractivity contribution in [3.05, 3.63) is 83.2 Å². The molecule has 4 rings (SSSR count). The molecular formula is C21H18FN3S. The van der Waals surface area contributed by atoms with Crippen LogP contribution >= 0.6 is 11.3 Å². The second kappa shape index (κ2) is 7.72. The van der Waals surface area contributed by atoms with Crippen LogP contribution in [0, 0.1) is 5.82 Å². The first-order chi connectivity index (χ1) is 12.8. The van der Waals surface area contributed by atoms with E-state index in [0.29, 0.717) is 0 Å². The lowest BCUT2D eigenvalue weighted by atomic mass is 10.1. The molecular weight excluding hydrogens is 345 g/mol. The number of hydrogen-bond donors (Lipinski definition) is 1. The number of rotatable bonds is 6. The normalized spacial score (nSPS) is 11.1. The average molecular weight is 363 g/mol. The van der Waals surface area contributed by atoms with Gasteiger partial charge in [-0.3, -0.25) is 4.98 Å². The Bertz CT molecular complexity index is 1010. The van der Waals surface area contributed by atoms with Gasteiger partial charge in [0.05, 0.1) is 11.2 Å². The van der Waals surface area contributed by atoms with Crippen molar-refractivity contribution in [2.24, 2.45) is 0 Å². The van der Waals surface area contributed by atoms with Gasteiger partial charge in [0.15, 0.2) is 0 Å². The van der Waals surface area contributed by atoms with Gasteiger partial charge in [0.2, 0.25) is 0 Å². The lowest BCUT2D eigenvalue weighted by Gasteiger charge is -2.06. The summed E-state index contributed by atoms with van der Waals surface area (Å²) in [5.74, 6) is -0.227. The van der Waals surface area contributed by atoms with Gasteiger partial charge in [0.1, 0.15) is 10.8 Å². The zero-order chi connectivity index (χ0) is 17.8. The summed E-state index contributed by atoms with van der Waals surface area (Å²) in [6.07, 6.45) is 2.76. The summed E-state index contributed by atoms with van der Waals surface area (Å²) < 4.78 is 13.0. The van der Waals surface area contributed by atoms with E-state index in [1.165, 1.54) is 23.1 Å². The summed E-state index contributed by atoms with van der Waals surface area (Å²) in [7, 11) is 0. The van der Waals surface area contributed by atoms with Crippen LogP contribution in [0.25, 0.3) is 21.5 Å². The molecule has 4 aromatic rings. The maximum absolute atomic E-state index is 13.0. The quantitative estimate of drug-likeness (QED) is 0.499. The highest BCUT2D eigenvalue weighted by Gasteiger charge is 2.05. The van der Waals surface area contributed by atoms with Crippen molar-refractivity contribution in [3.8, 4) is 10.6 Å². The zero-order valence-corrected chi connectivity index (χ0v) is 15.0. The van der Waals surface area contributed by atoms with E-state index in [2.05, 4.69) is 39.6 Å². The molecule has 2 aromatic carbocycles. The van der Waals surface area contributed by atoms with E-state index >= 15 is 0 Å². The Morgan fingerprint density at radius 2 is 1.85 bits per heavy atom.